The van der Waals surface area contributed by atoms with Crippen LogP contribution in [0.25, 0.3) is 0 Å². The van der Waals surface area contributed by atoms with Crippen molar-refractivity contribution in [2.75, 3.05) is 5.84 Å². The van der Waals surface area contributed by atoms with Crippen molar-refractivity contribution < 1.29 is 0 Å². The Labute approximate surface area is 41.7 Å². The second-order valence-corrected chi connectivity index (χ2v) is 1.44. The number of imidazole rings is 1. The SMILES string of the molecule is Cc1cncn1N. The van der Waals surface area contributed by atoms with Crippen LogP contribution < -0.4 is 5.84 Å². The molecule has 0 saturated carbocycles. The van der Waals surface area contributed by atoms with Gasteiger partial charge in [-0.25, -0.2) is 4.98 Å². The number of hydrogen-bond donors (Lipinski definition) is 1. The molecule has 0 bridgehead atoms. The summed E-state index contributed by atoms with van der Waals surface area (Å²) >= 11 is 0. The van der Waals surface area contributed by atoms with Gasteiger partial charge in [0.2, 0.25) is 0 Å². The zero-order chi connectivity index (χ0) is 5.28. The first-order chi connectivity index (χ1) is 3.30. The predicted octanol–water partition coefficient (Wildman–Crippen LogP) is -0.0947. The fourth-order valence-corrected chi connectivity index (χ4v) is 0.371. The minimum absolute atomic E-state index is 0.972. The number of nitrogens with two attached hydrogens (primary N) is 1. The molecule has 0 atom stereocenters. The van der Waals surface area contributed by atoms with Gasteiger partial charge in [0.1, 0.15) is 6.33 Å². The molecule has 0 saturated heterocycles. The van der Waals surface area contributed by atoms with Gasteiger partial charge in [-0.15, -0.1) is 0 Å². The highest BCUT2D eigenvalue weighted by Gasteiger charge is 1.84. The van der Waals surface area contributed by atoms with E-state index in [9.17, 15) is 0 Å². The second-order valence-electron chi connectivity index (χ2n) is 1.44. The smallest absolute Gasteiger partial charge is 0.114 e. The van der Waals surface area contributed by atoms with Crippen LogP contribution in [0.3, 0.4) is 0 Å². The molecule has 0 spiro atoms. The maximum atomic E-state index is 5.29. The van der Waals surface area contributed by atoms with Crippen molar-refractivity contribution >= 4 is 0 Å². The van der Waals surface area contributed by atoms with E-state index in [0.29, 0.717) is 0 Å². The number of aryl methyl sites for hydroxylation is 1. The number of aromatic nitrogens is 2. The van der Waals surface area contributed by atoms with Gasteiger partial charge < -0.3 is 5.84 Å². The van der Waals surface area contributed by atoms with Crippen LogP contribution in [0.2, 0.25) is 0 Å². The van der Waals surface area contributed by atoms with E-state index < -0.39 is 0 Å². The molecule has 1 heterocycles. The van der Waals surface area contributed by atoms with Crippen LogP contribution in [0, 0.1) is 6.92 Å². The summed E-state index contributed by atoms with van der Waals surface area (Å²) in [6, 6.07) is 0. The van der Waals surface area contributed by atoms with Crippen molar-refractivity contribution in [2.24, 2.45) is 0 Å². The van der Waals surface area contributed by atoms with Gasteiger partial charge in [0.25, 0.3) is 0 Å². The third-order valence-electron chi connectivity index (χ3n) is 0.860. The van der Waals surface area contributed by atoms with E-state index in [1.165, 1.54) is 4.68 Å². The Morgan fingerprint density at radius 1 is 1.86 bits per heavy atom. The highest BCUT2D eigenvalue weighted by Crippen LogP contribution is 1.86. The minimum atomic E-state index is 0.972. The molecule has 0 aliphatic heterocycles. The summed E-state index contributed by atoms with van der Waals surface area (Å²) in [7, 11) is 0. The quantitative estimate of drug-likeness (QED) is 0.459. The first-order valence-corrected chi connectivity index (χ1v) is 2.05. The lowest BCUT2D eigenvalue weighted by Gasteiger charge is -1.88. The summed E-state index contributed by atoms with van der Waals surface area (Å²) in [4.78, 5) is 3.76. The average molecular weight is 97.1 g/mol. The normalized spacial score (nSPS) is 9.29. The topological polar surface area (TPSA) is 43.8 Å². The molecule has 0 unspecified atom stereocenters. The standard InChI is InChI=1S/C4H7N3/c1-4-2-6-3-7(4)5/h2-3H,5H2,1H3. The molecular formula is C4H7N3. The first-order valence-electron chi connectivity index (χ1n) is 2.05. The summed E-state index contributed by atoms with van der Waals surface area (Å²) in [5, 5.41) is 0. The van der Waals surface area contributed by atoms with Crippen molar-refractivity contribution in [1.82, 2.24) is 9.66 Å². The Hall–Kier alpha value is -0.990. The lowest BCUT2D eigenvalue weighted by molar-refractivity contribution is 0.951. The highest BCUT2D eigenvalue weighted by atomic mass is 15.3. The van der Waals surface area contributed by atoms with Crippen LogP contribution in [0.5, 0.6) is 0 Å². The van der Waals surface area contributed by atoms with E-state index in [0.717, 1.165) is 5.69 Å². The Morgan fingerprint density at radius 3 is 2.71 bits per heavy atom. The molecule has 2 N–H and O–H groups in total. The third-order valence-corrected chi connectivity index (χ3v) is 0.860. The zero-order valence-electron chi connectivity index (χ0n) is 4.13. The molecule has 0 amide bonds. The molecule has 1 aromatic heterocycles. The van der Waals surface area contributed by atoms with Crippen LogP contribution >= 0.6 is 0 Å². The van der Waals surface area contributed by atoms with Crippen LogP contribution in [0.1, 0.15) is 5.69 Å². The van der Waals surface area contributed by atoms with Gasteiger partial charge in [0.05, 0.1) is 5.69 Å². The fraction of sp³-hybridized carbons (Fsp3) is 0.250. The average Bonchev–Trinajstić information content (AvgIpc) is 1.91. The van der Waals surface area contributed by atoms with E-state index in [-0.39, 0.29) is 0 Å². The van der Waals surface area contributed by atoms with Gasteiger partial charge in [0, 0.05) is 6.20 Å². The lowest BCUT2D eigenvalue weighted by Crippen LogP contribution is -2.06. The zero-order valence-corrected chi connectivity index (χ0v) is 4.13. The first kappa shape index (κ1) is 4.18. The molecule has 0 aromatic carbocycles. The van der Waals surface area contributed by atoms with Gasteiger partial charge >= 0.3 is 0 Å². The molecule has 0 fully saturated rings. The summed E-state index contributed by atoms with van der Waals surface area (Å²) in [5.74, 6) is 5.29. The van der Waals surface area contributed by atoms with Gasteiger partial charge in [-0.2, -0.15) is 0 Å². The molecule has 0 aliphatic carbocycles. The lowest BCUT2D eigenvalue weighted by atomic mass is 10.6. The Bertz CT molecular complexity index is 139. The predicted molar refractivity (Wildman–Crippen MR) is 27.1 cm³/mol. The highest BCUT2D eigenvalue weighted by molar-refractivity contribution is 4.92. The van der Waals surface area contributed by atoms with Crippen molar-refractivity contribution in [1.29, 1.82) is 0 Å². The van der Waals surface area contributed by atoms with E-state index in [1.54, 1.807) is 12.5 Å². The van der Waals surface area contributed by atoms with Crippen LogP contribution in [0.4, 0.5) is 0 Å². The summed E-state index contributed by atoms with van der Waals surface area (Å²) in [6.45, 7) is 1.90. The van der Waals surface area contributed by atoms with Gasteiger partial charge in [-0.05, 0) is 6.92 Å². The Morgan fingerprint density at radius 2 is 2.57 bits per heavy atom. The Balaban J connectivity index is 3.12. The van der Waals surface area contributed by atoms with E-state index in [4.69, 9.17) is 5.84 Å². The van der Waals surface area contributed by atoms with Gasteiger partial charge in [-0.1, -0.05) is 0 Å². The summed E-state index contributed by atoms with van der Waals surface area (Å²) < 4.78 is 1.47. The van der Waals surface area contributed by atoms with Crippen LogP contribution in [-0.4, -0.2) is 9.66 Å². The van der Waals surface area contributed by atoms with Crippen LogP contribution in [-0.2, 0) is 0 Å². The molecule has 0 aliphatic rings. The van der Waals surface area contributed by atoms with Crippen molar-refractivity contribution in [2.45, 2.75) is 6.92 Å². The molecule has 3 heteroatoms. The monoisotopic (exact) mass is 97.1 g/mol. The van der Waals surface area contributed by atoms with Crippen molar-refractivity contribution in [3.8, 4) is 0 Å². The van der Waals surface area contributed by atoms with Crippen LogP contribution in [0.15, 0.2) is 12.5 Å². The summed E-state index contributed by atoms with van der Waals surface area (Å²) in [5.41, 5.74) is 0.972. The van der Waals surface area contributed by atoms with E-state index in [2.05, 4.69) is 4.98 Å². The van der Waals surface area contributed by atoms with E-state index >= 15 is 0 Å². The van der Waals surface area contributed by atoms with E-state index in [1.807, 2.05) is 6.92 Å². The minimum Gasteiger partial charge on any atom is -0.338 e. The Kier molecular flexibility index (Phi) is 0.749. The van der Waals surface area contributed by atoms with Gasteiger partial charge in [0.15, 0.2) is 0 Å². The van der Waals surface area contributed by atoms with Crippen molar-refractivity contribution in [3.05, 3.63) is 18.2 Å². The fourth-order valence-electron chi connectivity index (χ4n) is 0.371. The number of hydrogen-bond acceptors (Lipinski definition) is 2. The van der Waals surface area contributed by atoms with Gasteiger partial charge in [-0.3, -0.25) is 4.68 Å². The maximum absolute atomic E-state index is 5.29. The number of nitrogens with zero attached hydrogens (tertiary/aromatic N) is 2. The van der Waals surface area contributed by atoms with Crippen molar-refractivity contribution in [3.63, 3.8) is 0 Å². The number of nitrogen functional groups attached to an aromatic ring is 1. The molecule has 0 radical (unpaired) electrons. The largest absolute Gasteiger partial charge is 0.338 e. The maximum Gasteiger partial charge on any atom is 0.114 e. The molecule has 3 nitrogen and oxygen atoms in total. The molecule has 38 valence electrons. The second kappa shape index (κ2) is 1.26. The molecule has 1 aromatic rings. The summed E-state index contributed by atoms with van der Waals surface area (Å²) in [6.07, 6.45) is 3.27. The molecule has 7 heavy (non-hydrogen) atoms. The number of rotatable bonds is 0. The molecular weight excluding hydrogens is 90.1 g/mol. The molecule has 1 rings (SSSR count). The third kappa shape index (κ3) is 0.559.